The number of aromatic nitrogens is 1. The van der Waals surface area contributed by atoms with Crippen molar-refractivity contribution in [3.05, 3.63) is 53.7 Å². The predicted molar refractivity (Wildman–Crippen MR) is 92.0 cm³/mol. The van der Waals surface area contributed by atoms with Gasteiger partial charge in [0.1, 0.15) is 11.9 Å². The van der Waals surface area contributed by atoms with Crippen molar-refractivity contribution < 1.29 is 4.79 Å². The highest BCUT2D eigenvalue weighted by molar-refractivity contribution is 5.96. The van der Waals surface area contributed by atoms with Gasteiger partial charge in [0.25, 0.3) is 0 Å². The van der Waals surface area contributed by atoms with Crippen LogP contribution in [0.2, 0.25) is 0 Å². The lowest BCUT2D eigenvalue weighted by atomic mass is 10.1. The molecule has 0 spiro atoms. The number of nitrogens with two attached hydrogens (primary N) is 1. The van der Waals surface area contributed by atoms with E-state index in [4.69, 9.17) is 5.73 Å². The SMILES string of the molecule is CC1CN(c2ccccc2C#N)C(=O)CN1Cc1cccnc1N. The van der Waals surface area contributed by atoms with Gasteiger partial charge in [0.15, 0.2) is 0 Å². The van der Waals surface area contributed by atoms with E-state index in [0.29, 0.717) is 30.2 Å². The van der Waals surface area contributed by atoms with E-state index >= 15 is 0 Å². The standard InChI is InChI=1S/C18H19N5O/c1-13-10-23(16-7-3-2-5-14(16)9-19)17(24)12-22(13)11-15-6-4-8-21-18(15)20/h2-8,13H,10-12H2,1H3,(H2,20,21). The number of carbonyl (C=O) groups excluding carboxylic acids is 1. The molecular weight excluding hydrogens is 302 g/mol. The minimum atomic E-state index is -0.0155. The van der Waals surface area contributed by atoms with Crippen molar-refractivity contribution in [2.75, 3.05) is 23.7 Å². The first kappa shape index (κ1) is 16.0. The van der Waals surface area contributed by atoms with Crippen molar-refractivity contribution >= 4 is 17.4 Å². The number of pyridine rings is 1. The number of carbonyl (C=O) groups is 1. The van der Waals surface area contributed by atoms with Crippen LogP contribution in [-0.4, -0.2) is 34.9 Å². The molecule has 1 atom stereocenters. The van der Waals surface area contributed by atoms with Gasteiger partial charge in [-0.15, -0.1) is 0 Å². The van der Waals surface area contributed by atoms with Crippen LogP contribution in [0.15, 0.2) is 42.6 Å². The molecule has 1 fully saturated rings. The van der Waals surface area contributed by atoms with E-state index in [9.17, 15) is 10.1 Å². The van der Waals surface area contributed by atoms with Gasteiger partial charge in [-0.1, -0.05) is 18.2 Å². The summed E-state index contributed by atoms with van der Waals surface area (Å²) in [6.07, 6.45) is 1.66. The third-order valence-corrected chi connectivity index (χ3v) is 4.32. The molecule has 0 radical (unpaired) electrons. The molecule has 0 bridgehead atoms. The first-order valence-electron chi connectivity index (χ1n) is 7.83. The summed E-state index contributed by atoms with van der Waals surface area (Å²) in [6.45, 7) is 3.48. The summed E-state index contributed by atoms with van der Waals surface area (Å²) >= 11 is 0. The topological polar surface area (TPSA) is 86.2 Å². The molecule has 6 nitrogen and oxygen atoms in total. The lowest BCUT2D eigenvalue weighted by Crippen LogP contribution is -2.55. The van der Waals surface area contributed by atoms with E-state index in [2.05, 4.69) is 22.9 Å². The van der Waals surface area contributed by atoms with Crippen molar-refractivity contribution in [1.82, 2.24) is 9.88 Å². The number of nitrogen functional groups attached to an aromatic ring is 1. The summed E-state index contributed by atoms with van der Waals surface area (Å²) in [5, 5.41) is 9.26. The molecule has 0 saturated carbocycles. The minimum Gasteiger partial charge on any atom is -0.383 e. The molecular formula is C18H19N5O. The zero-order valence-corrected chi connectivity index (χ0v) is 13.5. The zero-order chi connectivity index (χ0) is 17.1. The molecule has 0 aliphatic carbocycles. The number of benzene rings is 1. The summed E-state index contributed by atoms with van der Waals surface area (Å²) in [5.74, 6) is 0.479. The van der Waals surface area contributed by atoms with Gasteiger partial charge in [0.05, 0.1) is 17.8 Å². The average Bonchev–Trinajstić information content (AvgIpc) is 2.59. The number of nitrogens with zero attached hydrogens (tertiary/aromatic N) is 4. The van der Waals surface area contributed by atoms with E-state index < -0.39 is 0 Å². The van der Waals surface area contributed by atoms with Crippen LogP contribution in [0.4, 0.5) is 11.5 Å². The number of para-hydroxylation sites is 1. The van der Waals surface area contributed by atoms with Gasteiger partial charge in [0, 0.05) is 30.9 Å². The maximum absolute atomic E-state index is 12.6. The van der Waals surface area contributed by atoms with Crippen LogP contribution >= 0.6 is 0 Å². The van der Waals surface area contributed by atoms with E-state index in [0.717, 1.165) is 5.56 Å². The van der Waals surface area contributed by atoms with Crippen LogP contribution in [0, 0.1) is 11.3 Å². The molecule has 2 aromatic rings. The van der Waals surface area contributed by atoms with Crippen molar-refractivity contribution in [2.24, 2.45) is 0 Å². The van der Waals surface area contributed by atoms with Crippen molar-refractivity contribution in [1.29, 1.82) is 5.26 Å². The number of anilines is 2. The number of nitriles is 1. The predicted octanol–water partition coefficient (Wildman–Crippen LogP) is 1.77. The monoisotopic (exact) mass is 321 g/mol. The van der Waals surface area contributed by atoms with Crippen molar-refractivity contribution in [2.45, 2.75) is 19.5 Å². The summed E-state index contributed by atoms with van der Waals surface area (Å²) < 4.78 is 0. The Balaban J connectivity index is 1.79. The van der Waals surface area contributed by atoms with Gasteiger partial charge in [-0.05, 0) is 25.1 Å². The van der Waals surface area contributed by atoms with Crippen LogP contribution in [0.3, 0.4) is 0 Å². The fourth-order valence-electron chi connectivity index (χ4n) is 2.95. The lowest BCUT2D eigenvalue weighted by molar-refractivity contribution is -0.122. The highest BCUT2D eigenvalue weighted by Gasteiger charge is 2.31. The number of hydrogen-bond donors (Lipinski definition) is 1. The van der Waals surface area contributed by atoms with Crippen molar-refractivity contribution in [3.63, 3.8) is 0 Å². The molecule has 1 unspecified atom stereocenters. The van der Waals surface area contributed by atoms with E-state index in [-0.39, 0.29) is 18.5 Å². The summed E-state index contributed by atoms with van der Waals surface area (Å²) in [4.78, 5) is 20.5. The summed E-state index contributed by atoms with van der Waals surface area (Å²) in [5.41, 5.74) is 8.02. The van der Waals surface area contributed by atoms with Crippen LogP contribution in [0.5, 0.6) is 0 Å². The Morgan fingerprint density at radius 2 is 2.12 bits per heavy atom. The summed E-state index contributed by atoms with van der Waals surface area (Å²) in [6, 6.07) is 13.3. The lowest BCUT2D eigenvalue weighted by Gasteiger charge is -2.39. The molecule has 1 aromatic carbocycles. The Hall–Kier alpha value is -2.91. The second-order valence-electron chi connectivity index (χ2n) is 5.94. The number of piperazine rings is 1. The normalized spacial score (nSPS) is 18.4. The molecule has 1 saturated heterocycles. The molecule has 2 heterocycles. The fraction of sp³-hybridized carbons (Fsp3) is 0.278. The van der Waals surface area contributed by atoms with E-state index in [1.807, 2.05) is 24.3 Å². The molecule has 3 rings (SSSR count). The number of rotatable bonds is 3. The van der Waals surface area contributed by atoms with E-state index in [1.54, 1.807) is 23.2 Å². The Bertz CT molecular complexity index is 798. The van der Waals surface area contributed by atoms with Crippen molar-refractivity contribution in [3.8, 4) is 6.07 Å². The molecule has 1 aliphatic heterocycles. The summed E-state index contributed by atoms with van der Waals surface area (Å²) in [7, 11) is 0. The van der Waals surface area contributed by atoms with E-state index in [1.165, 1.54) is 0 Å². The van der Waals surface area contributed by atoms with Gasteiger partial charge in [-0.3, -0.25) is 9.69 Å². The Morgan fingerprint density at radius 1 is 1.33 bits per heavy atom. The quantitative estimate of drug-likeness (QED) is 0.931. The van der Waals surface area contributed by atoms with Gasteiger partial charge in [-0.25, -0.2) is 4.98 Å². The van der Waals surface area contributed by atoms with Crippen LogP contribution in [-0.2, 0) is 11.3 Å². The van der Waals surface area contributed by atoms with Gasteiger partial charge in [-0.2, -0.15) is 5.26 Å². The highest BCUT2D eigenvalue weighted by atomic mass is 16.2. The van der Waals surface area contributed by atoms with Crippen LogP contribution < -0.4 is 10.6 Å². The molecule has 1 aliphatic rings. The number of amides is 1. The molecule has 122 valence electrons. The molecule has 1 amide bonds. The first-order chi connectivity index (χ1) is 11.6. The Labute approximate surface area is 141 Å². The van der Waals surface area contributed by atoms with Crippen LogP contribution in [0.25, 0.3) is 0 Å². The maximum atomic E-state index is 12.6. The van der Waals surface area contributed by atoms with Crippen LogP contribution in [0.1, 0.15) is 18.1 Å². The Morgan fingerprint density at radius 3 is 2.88 bits per heavy atom. The smallest absolute Gasteiger partial charge is 0.241 e. The molecule has 2 N–H and O–H groups in total. The average molecular weight is 321 g/mol. The highest BCUT2D eigenvalue weighted by Crippen LogP contribution is 2.25. The fourth-order valence-corrected chi connectivity index (χ4v) is 2.95. The molecule has 6 heteroatoms. The maximum Gasteiger partial charge on any atom is 0.241 e. The second-order valence-corrected chi connectivity index (χ2v) is 5.94. The van der Waals surface area contributed by atoms with Gasteiger partial charge in [0.2, 0.25) is 5.91 Å². The third kappa shape index (κ3) is 3.07. The third-order valence-electron chi connectivity index (χ3n) is 4.32. The van der Waals surface area contributed by atoms with Gasteiger partial charge < -0.3 is 10.6 Å². The first-order valence-corrected chi connectivity index (χ1v) is 7.83. The molecule has 24 heavy (non-hydrogen) atoms. The Kier molecular flexibility index (Phi) is 4.45. The van der Waals surface area contributed by atoms with Gasteiger partial charge >= 0.3 is 0 Å². The minimum absolute atomic E-state index is 0.0155. The zero-order valence-electron chi connectivity index (χ0n) is 13.5. The largest absolute Gasteiger partial charge is 0.383 e. The number of hydrogen-bond acceptors (Lipinski definition) is 5. The second kappa shape index (κ2) is 6.69. The molecule has 1 aromatic heterocycles.